The van der Waals surface area contributed by atoms with Gasteiger partial charge < -0.3 is 15.2 Å². The maximum absolute atomic E-state index is 5.87. The van der Waals surface area contributed by atoms with Crippen LogP contribution in [0.3, 0.4) is 0 Å². The molecule has 0 spiro atoms. The van der Waals surface area contributed by atoms with Crippen molar-refractivity contribution in [3.8, 4) is 11.4 Å². The molecule has 1 aliphatic heterocycles. The van der Waals surface area contributed by atoms with Crippen LogP contribution in [0.4, 0.5) is 11.7 Å². The number of benzene rings is 1. The van der Waals surface area contributed by atoms with E-state index in [0.717, 1.165) is 29.9 Å². The zero-order valence-electron chi connectivity index (χ0n) is 9.68. The second-order valence-corrected chi connectivity index (χ2v) is 4.31. The van der Waals surface area contributed by atoms with Crippen molar-refractivity contribution in [3.05, 3.63) is 23.8 Å². The Morgan fingerprint density at radius 1 is 1.35 bits per heavy atom. The molecule has 1 aromatic heterocycles. The molecule has 2 heterocycles. The van der Waals surface area contributed by atoms with Crippen LogP contribution in [0, 0.1) is 6.92 Å². The zero-order chi connectivity index (χ0) is 11.8. The van der Waals surface area contributed by atoms with E-state index < -0.39 is 0 Å². The molecule has 1 aromatic carbocycles. The summed E-state index contributed by atoms with van der Waals surface area (Å²) in [4.78, 5) is 6.43. The number of anilines is 2. The van der Waals surface area contributed by atoms with Crippen LogP contribution in [0.25, 0.3) is 11.4 Å². The Labute approximate surface area is 99.2 Å². The van der Waals surface area contributed by atoms with E-state index in [9.17, 15) is 0 Å². The van der Waals surface area contributed by atoms with Gasteiger partial charge >= 0.3 is 6.01 Å². The van der Waals surface area contributed by atoms with E-state index in [1.165, 1.54) is 6.42 Å². The van der Waals surface area contributed by atoms with Crippen molar-refractivity contribution >= 4 is 11.7 Å². The second-order valence-electron chi connectivity index (χ2n) is 4.31. The van der Waals surface area contributed by atoms with Gasteiger partial charge in [-0.1, -0.05) is 17.3 Å². The number of hydrogen-bond donors (Lipinski definition) is 1. The van der Waals surface area contributed by atoms with E-state index in [0.29, 0.717) is 11.8 Å². The Kier molecular flexibility index (Phi) is 2.24. The molecule has 0 amide bonds. The molecule has 17 heavy (non-hydrogen) atoms. The fourth-order valence-electron chi connectivity index (χ4n) is 1.75. The number of hydrogen-bond acceptors (Lipinski definition) is 5. The van der Waals surface area contributed by atoms with Gasteiger partial charge in [-0.25, -0.2) is 0 Å². The highest BCUT2D eigenvalue weighted by molar-refractivity contribution is 5.63. The smallest absolute Gasteiger partial charge is 0.324 e. The molecule has 2 aromatic rings. The minimum absolute atomic E-state index is 0.596. The molecular weight excluding hydrogens is 216 g/mol. The molecule has 0 saturated carbocycles. The molecule has 3 rings (SSSR count). The van der Waals surface area contributed by atoms with Crippen molar-refractivity contribution in [1.82, 2.24) is 10.1 Å². The van der Waals surface area contributed by atoms with E-state index >= 15 is 0 Å². The van der Waals surface area contributed by atoms with Gasteiger partial charge in [-0.15, -0.1) is 0 Å². The minimum atomic E-state index is 0.596. The predicted octanol–water partition coefficient (Wildman–Crippen LogP) is 1.84. The van der Waals surface area contributed by atoms with Gasteiger partial charge in [-0.3, -0.25) is 0 Å². The number of nitrogens with zero attached hydrogens (tertiary/aromatic N) is 3. The molecule has 0 atom stereocenters. The van der Waals surface area contributed by atoms with Gasteiger partial charge in [-0.05, 0) is 25.0 Å². The van der Waals surface area contributed by atoms with Gasteiger partial charge in [0.25, 0.3) is 0 Å². The molecule has 1 saturated heterocycles. The third kappa shape index (κ3) is 1.73. The first kappa shape index (κ1) is 10.1. The van der Waals surface area contributed by atoms with Crippen LogP contribution in [0.15, 0.2) is 22.7 Å². The topological polar surface area (TPSA) is 68.2 Å². The number of aryl methyl sites for hydroxylation is 1. The first-order valence-corrected chi connectivity index (χ1v) is 5.69. The summed E-state index contributed by atoms with van der Waals surface area (Å²) in [7, 11) is 0. The molecule has 2 N–H and O–H groups in total. The van der Waals surface area contributed by atoms with Crippen LogP contribution >= 0.6 is 0 Å². The highest BCUT2D eigenvalue weighted by atomic mass is 16.5. The van der Waals surface area contributed by atoms with Crippen molar-refractivity contribution < 1.29 is 4.52 Å². The summed E-state index contributed by atoms with van der Waals surface area (Å²) in [5.41, 5.74) is 8.56. The zero-order valence-corrected chi connectivity index (χ0v) is 9.68. The standard InChI is InChI=1S/C12H14N4O/c1-8-3-4-9(7-10(8)13)11-14-12(17-15-11)16-5-2-6-16/h3-4,7H,2,5-6,13H2,1H3. The maximum Gasteiger partial charge on any atom is 0.324 e. The fraction of sp³-hybridized carbons (Fsp3) is 0.333. The summed E-state index contributed by atoms with van der Waals surface area (Å²) in [6, 6.07) is 6.39. The van der Waals surface area contributed by atoms with Crippen molar-refractivity contribution in [2.75, 3.05) is 23.7 Å². The van der Waals surface area contributed by atoms with Gasteiger partial charge in [0, 0.05) is 24.3 Å². The van der Waals surface area contributed by atoms with Crippen LogP contribution < -0.4 is 10.6 Å². The average Bonchev–Trinajstić information content (AvgIpc) is 2.69. The fourth-order valence-corrected chi connectivity index (χ4v) is 1.75. The number of rotatable bonds is 2. The summed E-state index contributed by atoms with van der Waals surface area (Å²) in [6.07, 6.45) is 1.19. The van der Waals surface area contributed by atoms with Crippen molar-refractivity contribution in [3.63, 3.8) is 0 Å². The molecule has 0 bridgehead atoms. The van der Waals surface area contributed by atoms with Crippen molar-refractivity contribution in [2.24, 2.45) is 0 Å². The molecule has 1 fully saturated rings. The Hall–Kier alpha value is -2.04. The lowest BCUT2D eigenvalue weighted by Gasteiger charge is -2.28. The van der Waals surface area contributed by atoms with E-state index in [4.69, 9.17) is 10.3 Å². The van der Waals surface area contributed by atoms with E-state index in [-0.39, 0.29) is 0 Å². The maximum atomic E-state index is 5.87. The molecule has 5 heteroatoms. The lowest BCUT2D eigenvalue weighted by Crippen LogP contribution is -2.37. The molecule has 0 aliphatic carbocycles. The molecule has 0 radical (unpaired) electrons. The molecular formula is C12H14N4O. The lowest BCUT2D eigenvalue weighted by atomic mass is 10.1. The van der Waals surface area contributed by atoms with Gasteiger partial charge in [0.2, 0.25) is 5.82 Å². The van der Waals surface area contributed by atoms with E-state index in [2.05, 4.69) is 15.0 Å². The van der Waals surface area contributed by atoms with E-state index in [1.807, 2.05) is 25.1 Å². The van der Waals surface area contributed by atoms with Crippen LogP contribution in [-0.4, -0.2) is 23.2 Å². The SMILES string of the molecule is Cc1ccc(-c2noc(N3CCC3)n2)cc1N. The third-order valence-corrected chi connectivity index (χ3v) is 3.08. The van der Waals surface area contributed by atoms with Gasteiger partial charge in [-0.2, -0.15) is 4.98 Å². The summed E-state index contributed by atoms with van der Waals surface area (Å²) < 4.78 is 5.22. The molecule has 88 valence electrons. The average molecular weight is 230 g/mol. The van der Waals surface area contributed by atoms with Gasteiger partial charge in [0.1, 0.15) is 0 Å². The Morgan fingerprint density at radius 3 is 2.82 bits per heavy atom. The quantitative estimate of drug-likeness (QED) is 0.797. The van der Waals surface area contributed by atoms with Crippen molar-refractivity contribution in [1.29, 1.82) is 0 Å². The van der Waals surface area contributed by atoms with Crippen LogP contribution in [-0.2, 0) is 0 Å². The Morgan fingerprint density at radius 2 is 2.18 bits per heavy atom. The number of nitrogens with two attached hydrogens (primary N) is 1. The summed E-state index contributed by atoms with van der Waals surface area (Å²) >= 11 is 0. The molecule has 5 nitrogen and oxygen atoms in total. The summed E-state index contributed by atoms with van der Waals surface area (Å²) in [5, 5.41) is 3.98. The minimum Gasteiger partial charge on any atom is -0.398 e. The van der Waals surface area contributed by atoms with Crippen LogP contribution in [0.2, 0.25) is 0 Å². The Bertz CT molecular complexity index is 545. The van der Waals surface area contributed by atoms with Gasteiger partial charge in [0.15, 0.2) is 0 Å². The largest absolute Gasteiger partial charge is 0.398 e. The highest BCUT2D eigenvalue weighted by Gasteiger charge is 2.21. The summed E-state index contributed by atoms with van der Waals surface area (Å²) in [5.74, 6) is 0.596. The highest BCUT2D eigenvalue weighted by Crippen LogP contribution is 2.25. The second kappa shape index (κ2) is 3.76. The monoisotopic (exact) mass is 230 g/mol. The van der Waals surface area contributed by atoms with Crippen molar-refractivity contribution in [2.45, 2.75) is 13.3 Å². The first-order chi connectivity index (χ1) is 8.24. The van der Waals surface area contributed by atoms with Gasteiger partial charge in [0.05, 0.1) is 0 Å². The van der Waals surface area contributed by atoms with E-state index in [1.54, 1.807) is 0 Å². The first-order valence-electron chi connectivity index (χ1n) is 5.69. The summed E-state index contributed by atoms with van der Waals surface area (Å²) in [6.45, 7) is 3.97. The number of nitrogen functional groups attached to an aromatic ring is 1. The Balaban J connectivity index is 1.92. The number of aromatic nitrogens is 2. The predicted molar refractivity (Wildman–Crippen MR) is 65.7 cm³/mol. The normalized spacial score (nSPS) is 14.8. The van der Waals surface area contributed by atoms with Crippen LogP contribution in [0.5, 0.6) is 0 Å². The lowest BCUT2D eigenvalue weighted by molar-refractivity contribution is 0.398. The molecule has 0 unspecified atom stereocenters. The molecule has 1 aliphatic rings. The van der Waals surface area contributed by atoms with Crippen LogP contribution in [0.1, 0.15) is 12.0 Å². The third-order valence-electron chi connectivity index (χ3n) is 3.08.